The van der Waals surface area contributed by atoms with Gasteiger partial charge in [0.25, 0.3) is 0 Å². The Morgan fingerprint density at radius 1 is 1.36 bits per heavy atom. The van der Waals surface area contributed by atoms with Gasteiger partial charge in [0, 0.05) is 29.8 Å². The highest BCUT2D eigenvalue weighted by Crippen LogP contribution is 2.42. The summed E-state index contributed by atoms with van der Waals surface area (Å²) in [5, 5.41) is 8.58. The fourth-order valence-electron chi connectivity index (χ4n) is 3.49. The third kappa shape index (κ3) is 2.57. The van der Waals surface area contributed by atoms with Crippen LogP contribution < -0.4 is 11.1 Å². The van der Waals surface area contributed by atoms with E-state index in [9.17, 15) is 0 Å². The van der Waals surface area contributed by atoms with Gasteiger partial charge in [-0.3, -0.25) is 0 Å². The molecule has 2 saturated carbocycles. The summed E-state index contributed by atoms with van der Waals surface area (Å²) in [7, 11) is 0. The average molecular weight is 320 g/mol. The first-order valence-electron chi connectivity index (χ1n) is 8.18. The van der Waals surface area contributed by atoms with Crippen LogP contribution in [0.3, 0.4) is 0 Å². The molecule has 6 heteroatoms. The Morgan fingerprint density at radius 2 is 2.18 bits per heavy atom. The lowest BCUT2D eigenvalue weighted by Gasteiger charge is -2.17. The number of fused-ring (bicyclic) bond motifs is 1. The van der Waals surface area contributed by atoms with Crippen LogP contribution in [0.25, 0.3) is 5.65 Å². The second-order valence-corrected chi connectivity index (χ2v) is 7.24. The number of nitrogens with zero attached hydrogens (tertiary/aromatic N) is 3. The van der Waals surface area contributed by atoms with E-state index in [-0.39, 0.29) is 0 Å². The fraction of sp³-hybridized carbons (Fsp3) is 0.625. The van der Waals surface area contributed by atoms with Crippen molar-refractivity contribution in [3.05, 3.63) is 23.0 Å². The molecule has 0 saturated heterocycles. The van der Waals surface area contributed by atoms with E-state index in [4.69, 9.17) is 22.3 Å². The molecule has 2 heterocycles. The van der Waals surface area contributed by atoms with E-state index >= 15 is 0 Å². The number of hydrogen-bond donors (Lipinski definition) is 2. The van der Waals surface area contributed by atoms with E-state index < -0.39 is 0 Å². The molecule has 3 N–H and O–H groups in total. The molecule has 3 atom stereocenters. The smallest absolute Gasteiger partial charge is 0.176 e. The Morgan fingerprint density at radius 3 is 2.86 bits per heavy atom. The Bertz CT molecular complexity index is 693. The standard InChI is InChI=1S/C16H22ClN5/c1-9(10-2-3-10)14-7-15(20-12-5-4-11(18)6-12)22-16(21-14)13(17)8-19-22/h7-12,20H,2-6,18H2,1H3/t9?,11-,12?/m0/s1. The zero-order valence-electron chi connectivity index (χ0n) is 12.8. The lowest BCUT2D eigenvalue weighted by Crippen LogP contribution is -2.22. The molecule has 2 fully saturated rings. The lowest BCUT2D eigenvalue weighted by atomic mass is 10.0. The van der Waals surface area contributed by atoms with Crippen LogP contribution >= 0.6 is 11.6 Å². The number of aromatic nitrogens is 3. The third-order valence-electron chi connectivity index (χ3n) is 5.07. The summed E-state index contributed by atoms with van der Waals surface area (Å²) in [5.74, 6) is 2.23. The highest BCUT2D eigenvalue weighted by Gasteiger charge is 2.31. The number of anilines is 1. The number of rotatable bonds is 4. The van der Waals surface area contributed by atoms with Gasteiger partial charge in [0.1, 0.15) is 10.8 Å². The predicted molar refractivity (Wildman–Crippen MR) is 88.4 cm³/mol. The van der Waals surface area contributed by atoms with Crippen molar-refractivity contribution in [1.82, 2.24) is 14.6 Å². The van der Waals surface area contributed by atoms with E-state index in [2.05, 4.69) is 23.4 Å². The average Bonchev–Trinajstić information content (AvgIpc) is 3.18. The monoisotopic (exact) mass is 319 g/mol. The van der Waals surface area contributed by atoms with Crippen molar-refractivity contribution in [1.29, 1.82) is 0 Å². The van der Waals surface area contributed by atoms with Crippen LogP contribution in [0.4, 0.5) is 5.82 Å². The second kappa shape index (κ2) is 5.39. The first kappa shape index (κ1) is 14.3. The van der Waals surface area contributed by atoms with Crippen molar-refractivity contribution < 1.29 is 0 Å². The molecule has 22 heavy (non-hydrogen) atoms. The first-order chi connectivity index (χ1) is 10.6. The fourth-order valence-corrected chi connectivity index (χ4v) is 3.65. The molecule has 118 valence electrons. The zero-order chi connectivity index (χ0) is 15.3. The minimum atomic E-state index is 0.306. The van der Waals surface area contributed by atoms with Crippen molar-refractivity contribution in [3.8, 4) is 0 Å². The molecular formula is C16H22ClN5. The Kier molecular flexibility index (Phi) is 3.50. The zero-order valence-corrected chi connectivity index (χ0v) is 13.6. The maximum absolute atomic E-state index is 6.26. The summed E-state index contributed by atoms with van der Waals surface area (Å²) in [5.41, 5.74) is 7.89. The molecule has 0 amide bonds. The number of nitrogens with two attached hydrogens (primary N) is 1. The molecule has 2 unspecified atom stereocenters. The van der Waals surface area contributed by atoms with Gasteiger partial charge in [-0.25, -0.2) is 4.98 Å². The number of nitrogens with one attached hydrogen (secondary N) is 1. The van der Waals surface area contributed by atoms with Gasteiger partial charge in [-0.15, -0.1) is 0 Å². The van der Waals surface area contributed by atoms with Gasteiger partial charge < -0.3 is 11.1 Å². The summed E-state index contributed by atoms with van der Waals surface area (Å²) in [6.07, 6.45) is 7.47. The van der Waals surface area contributed by atoms with Crippen molar-refractivity contribution >= 4 is 23.1 Å². The lowest BCUT2D eigenvalue weighted by molar-refractivity contribution is 0.641. The largest absolute Gasteiger partial charge is 0.367 e. The summed E-state index contributed by atoms with van der Waals surface area (Å²) in [6, 6.07) is 2.86. The Labute approximate surface area is 135 Å². The molecule has 0 bridgehead atoms. The van der Waals surface area contributed by atoms with E-state index in [0.29, 0.717) is 23.0 Å². The summed E-state index contributed by atoms with van der Waals surface area (Å²) >= 11 is 6.26. The second-order valence-electron chi connectivity index (χ2n) is 6.83. The van der Waals surface area contributed by atoms with Gasteiger partial charge in [0.05, 0.1) is 6.20 Å². The van der Waals surface area contributed by atoms with Gasteiger partial charge in [0.2, 0.25) is 0 Å². The molecule has 0 radical (unpaired) electrons. The Hall–Kier alpha value is -1.33. The van der Waals surface area contributed by atoms with Gasteiger partial charge in [-0.2, -0.15) is 9.61 Å². The summed E-state index contributed by atoms with van der Waals surface area (Å²) < 4.78 is 1.81. The van der Waals surface area contributed by atoms with Crippen LogP contribution in [0, 0.1) is 5.92 Å². The number of hydrogen-bond acceptors (Lipinski definition) is 4. The summed E-state index contributed by atoms with van der Waals surface area (Å²) in [6.45, 7) is 2.26. The van der Waals surface area contributed by atoms with E-state index in [1.807, 2.05) is 4.52 Å². The van der Waals surface area contributed by atoms with Crippen LogP contribution in [-0.4, -0.2) is 26.7 Å². The molecule has 0 aromatic carbocycles. The van der Waals surface area contributed by atoms with Gasteiger partial charge in [-0.1, -0.05) is 18.5 Å². The van der Waals surface area contributed by atoms with Crippen molar-refractivity contribution in [2.24, 2.45) is 11.7 Å². The van der Waals surface area contributed by atoms with Crippen LogP contribution in [-0.2, 0) is 0 Å². The highest BCUT2D eigenvalue weighted by atomic mass is 35.5. The van der Waals surface area contributed by atoms with Crippen LogP contribution in [0.5, 0.6) is 0 Å². The van der Waals surface area contributed by atoms with Crippen molar-refractivity contribution in [2.75, 3.05) is 5.32 Å². The predicted octanol–water partition coefficient (Wildman–Crippen LogP) is 3.19. The molecule has 0 spiro atoms. The topological polar surface area (TPSA) is 68.2 Å². The van der Waals surface area contributed by atoms with Crippen LogP contribution in [0.15, 0.2) is 12.3 Å². The number of halogens is 1. The van der Waals surface area contributed by atoms with Crippen LogP contribution in [0.1, 0.15) is 50.6 Å². The van der Waals surface area contributed by atoms with Crippen molar-refractivity contribution in [2.45, 2.75) is 57.0 Å². The third-order valence-corrected chi connectivity index (χ3v) is 5.34. The van der Waals surface area contributed by atoms with Gasteiger partial charge >= 0.3 is 0 Å². The molecule has 2 aliphatic carbocycles. The maximum atomic E-state index is 6.26. The first-order valence-corrected chi connectivity index (χ1v) is 8.56. The van der Waals surface area contributed by atoms with Gasteiger partial charge in [-0.05, 0) is 38.0 Å². The Balaban J connectivity index is 1.71. The summed E-state index contributed by atoms with van der Waals surface area (Å²) in [4.78, 5) is 4.75. The minimum Gasteiger partial charge on any atom is -0.367 e. The van der Waals surface area contributed by atoms with E-state index in [0.717, 1.165) is 42.3 Å². The highest BCUT2D eigenvalue weighted by molar-refractivity contribution is 6.33. The quantitative estimate of drug-likeness (QED) is 0.908. The molecule has 2 aromatic heterocycles. The maximum Gasteiger partial charge on any atom is 0.176 e. The molecule has 2 aliphatic rings. The van der Waals surface area contributed by atoms with Gasteiger partial charge in [0.15, 0.2) is 5.65 Å². The molecular weight excluding hydrogens is 298 g/mol. The van der Waals surface area contributed by atoms with E-state index in [1.165, 1.54) is 12.8 Å². The molecule has 5 nitrogen and oxygen atoms in total. The van der Waals surface area contributed by atoms with Crippen molar-refractivity contribution in [3.63, 3.8) is 0 Å². The van der Waals surface area contributed by atoms with Crippen LogP contribution in [0.2, 0.25) is 5.02 Å². The SMILES string of the molecule is CC(c1cc(NC2CC[C@H](N)C2)n2ncc(Cl)c2n1)C1CC1. The molecule has 2 aromatic rings. The molecule has 0 aliphatic heterocycles. The normalized spacial score (nSPS) is 26.5. The molecule has 4 rings (SSSR count). The van der Waals surface area contributed by atoms with E-state index in [1.54, 1.807) is 6.20 Å². The minimum absolute atomic E-state index is 0.306.